The Hall–Kier alpha value is -3.29. The number of rotatable bonds is 3. The smallest absolute Gasteiger partial charge is 0.321 e. The van der Waals surface area contributed by atoms with Crippen molar-refractivity contribution in [2.45, 2.75) is 12.8 Å². The standard InChI is InChI=1S/C18H20N4O4/c23-16(20-21-17(24)15-9-5-11-26-15)13-6-4-10-22(12-13)18(25)19-14-7-2-1-3-8-14/h1-3,5,7-9,11,13H,4,6,10,12H2,(H,19,25)(H,20,23)(H,21,24)/t13-/m0/s1. The van der Waals surface area contributed by atoms with E-state index in [1.807, 2.05) is 18.2 Å². The van der Waals surface area contributed by atoms with Gasteiger partial charge in [-0.2, -0.15) is 0 Å². The molecule has 3 N–H and O–H groups in total. The number of nitrogens with one attached hydrogen (secondary N) is 3. The van der Waals surface area contributed by atoms with Crippen LogP contribution in [0.15, 0.2) is 53.1 Å². The number of hydrogen-bond acceptors (Lipinski definition) is 4. The predicted octanol–water partition coefficient (Wildman–Crippen LogP) is 1.98. The first-order valence-corrected chi connectivity index (χ1v) is 8.38. The highest BCUT2D eigenvalue weighted by Gasteiger charge is 2.28. The zero-order valence-electron chi connectivity index (χ0n) is 14.1. The van der Waals surface area contributed by atoms with Crippen LogP contribution < -0.4 is 16.2 Å². The summed E-state index contributed by atoms with van der Waals surface area (Å²) in [5, 5.41) is 2.81. The van der Waals surface area contributed by atoms with Crippen LogP contribution in [0.25, 0.3) is 0 Å². The molecule has 2 aromatic rings. The van der Waals surface area contributed by atoms with Gasteiger partial charge >= 0.3 is 11.9 Å². The first-order chi connectivity index (χ1) is 12.6. The van der Waals surface area contributed by atoms with Crippen molar-refractivity contribution >= 4 is 23.5 Å². The van der Waals surface area contributed by atoms with Crippen LogP contribution in [0.5, 0.6) is 0 Å². The van der Waals surface area contributed by atoms with Gasteiger partial charge in [0.05, 0.1) is 12.2 Å². The molecule has 0 unspecified atom stereocenters. The maximum atomic E-state index is 12.4. The van der Waals surface area contributed by atoms with E-state index >= 15 is 0 Å². The molecule has 1 aromatic heterocycles. The minimum atomic E-state index is -0.530. The van der Waals surface area contributed by atoms with Crippen molar-refractivity contribution in [3.05, 3.63) is 54.5 Å². The maximum absolute atomic E-state index is 12.4. The Kier molecular flexibility index (Phi) is 5.52. The van der Waals surface area contributed by atoms with Crippen molar-refractivity contribution in [1.29, 1.82) is 0 Å². The fraction of sp³-hybridized carbons (Fsp3) is 0.278. The second-order valence-electron chi connectivity index (χ2n) is 6.00. The van der Waals surface area contributed by atoms with Crippen LogP contribution >= 0.6 is 0 Å². The van der Waals surface area contributed by atoms with Crippen molar-refractivity contribution in [1.82, 2.24) is 15.8 Å². The van der Waals surface area contributed by atoms with Gasteiger partial charge in [0.2, 0.25) is 5.91 Å². The molecule has 0 spiro atoms. The number of benzene rings is 1. The van der Waals surface area contributed by atoms with Gasteiger partial charge in [0.25, 0.3) is 0 Å². The Morgan fingerprint density at radius 3 is 2.58 bits per heavy atom. The van der Waals surface area contributed by atoms with Gasteiger partial charge in [0, 0.05) is 18.8 Å². The highest BCUT2D eigenvalue weighted by molar-refractivity contribution is 5.93. The molecular formula is C18H20N4O4. The second-order valence-corrected chi connectivity index (χ2v) is 6.00. The normalized spacial score (nSPS) is 16.6. The van der Waals surface area contributed by atoms with Gasteiger partial charge in [0.15, 0.2) is 5.76 Å². The number of nitrogens with zero attached hydrogens (tertiary/aromatic N) is 1. The molecular weight excluding hydrogens is 336 g/mol. The van der Waals surface area contributed by atoms with Crippen LogP contribution in [0.3, 0.4) is 0 Å². The molecule has 0 radical (unpaired) electrons. The fourth-order valence-corrected chi connectivity index (χ4v) is 2.79. The highest BCUT2D eigenvalue weighted by atomic mass is 16.3. The first kappa shape index (κ1) is 17.5. The Labute approximate surface area is 150 Å². The minimum Gasteiger partial charge on any atom is -0.459 e. The molecule has 1 aromatic carbocycles. The number of piperidine rings is 1. The molecule has 1 aliphatic rings. The lowest BCUT2D eigenvalue weighted by molar-refractivity contribution is -0.127. The van der Waals surface area contributed by atoms with Gasteiger partial charge in [-0.15, -0.1) is 0 Å². The molecule has 1 fully saturated rings. The number of hydrazine groups is 1. The number of furan rings is 1. The SMILES string of the molecule is O=C(NNC(=O)[C@H]1CCCN(C(=O)Nc2ccccc2)C1)c1ccco1. The topological polar surface area (TPSA) is 104 Å². The van der Waals surface area contributed by atoms with Crippen LogP contribution in [0.4, 0.5) is 10.5 Å². The molecule has 0 bridgehead atoms. The number of hydrogen-bond donors (Lipinski definition) is 3. The molecule has 3 rings (SSSR count). The molecule has 8 heteroatoms. The van der Waals surface area contributed by atoms with Gasteiger partial charge < -0.3 is 14.6 Å². The highest BCUT2D eigenvalue weighted by Crippen LogP contribution is 2.18. The average Bonchev–Trinajstić information content (AvgIpc) is 3.21. The lowest BCUT2D eigenvalue weighted by Gasteiger charge is -2.32. The Bertz CT molecular complexity index is 761. The largest absolute Gasteiger partial charge is 0.459 e. The van der Waals surface area contributed by atoms with E-state index in [2.05, 4.69) is 16.2 Å². The van der Waals surface area contributed by atoms with Gasteiger partial charge in [-0.3, -0.25) is 20.4 Å². The molecule has 1 saturated heterocycles. The number of anilines is 1. The average molecular weight is 356 g/mol. The summed E-state index contributed by atoms with van der Waals surface area (Å²) < 4.78 is 4.95. The van der Waals surface area contributed by atoms with E-state index in [0.717, 1.165) is 0 Å². The van der Waals surface area contributed by atoms with Crippen molar-refractivity contribution in [2.24, 2.45) is 5.92 Å². The molecule has 4 amide bonds. The van der Waals surface area contributed by atoms with Gasteiger partial charge in [-0.1, -0.05) is 18.2 Å². The van der Waals surface area contributed by atoms with E-state index in [-0.39, 0.29) is 23.6 Å². The molecule has 0 aliphatic carbocycles. The first-order valence-electron chi connectivity index (χ1n) is 8.38. The zero-order chi connectivity index (χ0) is 18.4. The maximum Gasteiger partial charge on any atom is 0.321 e. The van der Waals surface area contributed by atoms with Crippen LogP contribution in [0.1, 0.15) is 23.4 Å². The third-order valence-electron chi connectivity index (χ3n) is 4.15. The summed E-state index contributed by atoms with van der Waals surface area (Å²) in [6.07, 6.45) is 2.74. The van der Waals surface area contributed by atoms with Gasteiger partial charge in [-0.05, 0) is 37.1 Å². The molecule has 136 valence electrons. The van der Waals surface area contributed by atoms with Crippen molar-refractivity contribution in [3.63, 3.8) is 0 Å². The number of para-hydroxylation sites is 1. The van der Waals surface area contributed by atoms with Crippen LogP contribution in [-0.4, -0.2) is 35.8 Å². The number of amides is 4. The summed E-state index contributed by atoms with van der Waals surface area (Å²) >= 11 is 0. The lowest BCUT2D eigenvalue weighted by atomic mass is 9.98. The summed E-state index contributed by atoms with van der Waals surface area (Å²) in [7, 11) is 0. The van der Waals surface area contributed by atoms with E-state index in [1.54, 1.807) is 23.1 Å². The third-order valence-corrected chi connectivity index (χ3v) is 4.15. The van der Waals surface area contributed by atoms with E-state index in [1.165, 1.54) is 12.3 Å². The zero-order valence-corrected chi connectivity index (χ0v) is 14.1. The number of carbonyl (C=O) groups excluding carboxylic acids is 3. The minimum absolute atomic E-state index is 0.109. The number of likely N-dealkylation sites (tertiary alicyclic amines) is 1. The summed E-state index contributed by atoms with van der Waals surface area (Å²) in [5.74, 6) is -1.14. The van der Waals surface area contributed by atoms with E-state index in [4.69, 9.17) is 4.42 Å². The fourth-order valence-electron chi connectivity index (χ4n) is 2.79. The van der Waals surface area contributed by atoms with Crippen molar-refractivity contribution in [3.8, 4) is 0 Å². The molecule has 2 heterocycles. The molecule has 1 atom stereocenters. The molecule has 8 nitrogen and oxygen atoms in total. The number of carbonyl (C=O) groups is 3. The summed E-state index contributed by atoms with van der Waals surface area (Å²) in [6, 6.07) is 12.0. The monoisotopic (exact) mass is 356 g/mol. The lowest BCUT2D eigenvalue weighted by Crippen LogP contribution is -2.50. The van der Waals surface area contributed by atoms with Crippen molar-refractivity contribution in [2.75, 3.05) is 18.4 Å². The van der Waals surface area contributed by atoms with E-state index in [0.29, 0.717) is 31.6 Å². The van der Waals surface area contributed by atoms with Crippen LogP contribution in [-0.2, 0) is 4.79 Å². The van der Waals surface area contributed by atoms with E-state index in [9.17, 15) is 14.4 Å². The second kappa shape index (κ2) is 8.19. The number of urea groups is 1. The molecule has 1 aliphatic heterocycles. The Morgan fingerprint density at radius 2 is 1.85 bits per heavy atom. The molecule has 26 heavy (non-hydrogen) atoms. The van der Waals surface area contributed by atoms with Gasteiger partial charge in [-0.25, -0.2) is 4.79 Å². The quantitative estimate of drug-likeness (QED) is 0.732. The molecule has 0 saturated carbocycles. The van der Waals surface area contributed by atoms with Gasteiger partial charge in [0.1, 0.15) is 0 Å². The van der Waals surface area contributed by atoms with Crippen LogP contribution in [0.2, 0.25) is 0 Å². The van der Waals surface area contributed by atoms with E-state index < -0.39 is 5.91 Å². The summed E-state index contributed by atoms with van der Waals surface area (Å²) in [5.41, 5.74) is 5.41. The Balaban J connectivity index is 1.50. The summed E-state index contributed by atoms with van der Waals surface area (Å²) in [4.78, 5) is 38.0. The summed E-state index contributed by atoms with van der Waals surface area (Å²) in [6.45, 7) is 0.877. The Morgan fingerprint density at radius 1 is 1.04 bits per heavy atom. The van der Waals surface area contributed by atoms with Crippen molar-refractivity contribution < 1.29 is 18.8 Å². The predicted molar refractivity (Wildman–Crippen MR) is 94.1 cm³/mol. The third kappa shape index (κ3) is 4.41. The van der Waals surface area contributed by atoms with Crippen LogP contribution in [0, 0.1) is 5.92 Å².